The molecule has 9 heteroatoms. The summed E-state index contributed by atoms with van der Waals surface area (Å²) in [4.78, 5) is 21.5. The lowest BCUT2D eigenvalue weighted by Gasteiger charge is -2.23. The highest BCUT2D eigenvalue weighted by Crippen LogP contribution is 2.39. The molecule has 0 atom stereocenters. The standard InChI is InChI=1S/C18H21ClN4O3S/c1-4-22(5-2)10-11-23(17(24)14-8-9-20-26-14)18-21-15-13(25-3)7-6-12(19)16(15)27-18/h6-9H,4-5,10-11H2,1-3H3. The molecular formula is C18H21ClN4O3S. The van der Waals surface area contributed by atoms with Gasteiger partial charge in [-0.05, 0) is 25.2 Å². The zero-order valence-electron chi connectivity index (χ0n) is 15.4. The van der Waals surface area contributed by atoms with Gasteiger partial charge in [-0.1, -0.05) is 41.9 Å². The van der Waals surface area contributed by atoms with Crippen LogP contribution in [0, 0.1) is 0 Å². The zero-order chi connectivity index (χ0) is 19.4. The normalized spacial score (nSPS) is 11.3. The highest BCUT2D eigenvalue weighted by Gasteiger charge is 2.25. The molecule has 0 aliphatic carbocycles. The Morgan fingerprint density at radius 2 is 2.04 bits per heavy atom. The third-order valence-corrected chi connectivity index (χ3v) is 5.86. The fraction of sp³-hybridized carbons (Fsp3) is 0.389. The molecule has 0 aliphatic rings. The molecule has 3 aromatic rings. The lowest BCUT2D eigenvalue weighted by molar-refractivity contribution is 0.0948. The van der Waals surface area contributed by atoms with Crippen molar-refractivity contribution in [3.63, 3.8) is 0 Å². The molecule has 2 heterocycles. The lowest BCUT2D eigenvalue weighted by atomic mass is 10.3. The van der Waals surface area contributed by atoms with E-state index in [4.69, 9.17) is 20.9 Å². The van der Waals surface area contributed by atoms with Crippen LogP contribution in [0.1, 0.15) is 24.4 Å². The predicted molar refractivity (Wildman–Crippen MR) is 107 cm³/mol. The maximum atomic E-state index is 13.0. The Morgan fingerprint density at radius 3 is 2.67 bits per heavy atom. The maximum absolute atomic E-state index is 13.0. The number of thiazole rings is 1. The maximum Gasteiger partial charge on any atom is 0.298 e. The van der Waals surface area contributed by atoms with Gasteiger partial charge in [0.15, 0.2) is 5.13 Å². The molecule has 27 heavy (non-hydrogen) atoms. The summed E-state index contributed by atoms with van der Waals surface area (Å²) in [6.45, 7) is 7.18. The van der Waals surface area contributed by atoms with Crippen LogP contribution in [0.3, 0.4) is 0 Å². The minimum atomic E-state index is -0.284. The molecule has 0 radical (unpaired) electrons. The second-order valence-electron chi connectivity index (χ2n) is 5.78. The van der Waals surface area contributed by atoms with Gasteiger partial charge in [0.25, 0.3) is 5.91 Å². The van der Waals surface area contributed by atoms with Gasteiger partial charge >= 0.3 is 0 Å². The summed E-state index contributed by atoms with van der Waals surface area (Å²) in [7, 11) is 1.58. The van der Waals surface area contributed by atoms with E-state index < -0.39 is 0 Å². The van der Waals surface area contributed by atoms with E-state index in [0.717, 1.165) is 17.8 Å². The number of amides is 1. The second-order valence-corrected chi connectivity index (χ2v) is 7.17. The number of methoxy groups -OCH3 is 1. The summed E-state index contributed by atoms with van der Waals surface area (Å²) >= 11 is 7.69. The van der Waals surface area contributed by atoms with Crippen molar-refractivity contribution in [1.82, 2.24) is 15.0 Å². The summed E-state index contributed by atoms with van der Waals surface area (Å²) in [6, 6.07) is 5.09. The number of halogens is 1. The molecule has 0 fully saturated rings. The zero-order valence-corrected chi connectivity index (χ0v) is 17.0. The van der Waals surface area contributed by atoms with Crippen molar-refractivity contribution < 1.29 is 14.1 Å². The largest absolute Gasteiger partial charge is 0.494 e. The average molecular weight is 409 g/mol. The van der Waals surface area contributed by atoms with E-state index in [-0.39, 0.29) is 11.7 Å². The Bertz CT molecular complexity index is 909. The fourth-order valence-electron chi connectivity index (χ4n) is 2.75. The number of rotatable bonds is 8. The minimum Gasteiger partial charge on any atom is -0.494 e. The van der Waals surface area contributed by atoms with Crippen LogP contribution in [0.2, 0.25) is 5.02 Å². The minimum absolute atomic E-state index is 0.173. The molecule has 0 aliphatic heterocycles. The number of carbonyl (C=O) groups is 1. The molecule has 7 nitrogen and oxygen atoms in total. The van der Waals surface area contributed by atoms with Crippen LogP contribution in [0.5, 0.6) is 5.75 Å². The molecule has 0 N–H and O–H groups in total. The molecule has 3 rings (SSSR count). The fourth-order valence-corrected chi connectivity index (χ4v) is 4.03. The number of benzene rings is 1. The molecule has 1 amide bonds. The Kier molecular flexibility index (Phi) is 6.30. The van der Waals surface area contributed by atoms with E-state index in [2.05, 4.69) is 28.9 Å². The molecule has 1 aromatic carbocycles. The molecule has 0 unspecified atom stereocenters. The Hall–Kier alpha value is -2.16. The molecule has 0 saturated heterocycles. The van der Waals surface area contributed by atoms with Crippen LogP contribution in [0.15, 0.2) is 28.9 Å². The van der Waals surface area contributed by atoms with Crippen molar-refractivity contribution in [3.8, 4) is 5.75 Å². The first-order valence-corrected chi connectivity index (χ1v) is 9.86. The van der Waals surface area contributed by atoms with E-state index >= 15 is 0 Å². The van der Waals surface area contributed by atoms with Crippen LogP contribution < -0.4 is 9.64 Å². The van der Waals surface area contributed by atoms with Crippen LogP contribution in [-0.4, -0.2) is 54.2 Å². The summed E-state index contributed by atoms with van der Waals surface area (Å²) in [5, 5.41) is 4.76. The summed E-state index contributed by atoms with van der Waals surface area (Å²) < 4.78 is 11.2. The molecular weight excluding hydrogens is 388 g/mol. The van der Waals surface area contributed by atoms with Gasteiger partial charge in [-0.25, -0.2) is 4.98 Å². The molecule has 144 valence electrons. The van der Waals surface area contributed by atoms with E-state index in [1.54, 1.807) is 30.2 Å². The number of hydrogen-bond donors (Lipinski definition) is 0. The molecule has 0 bridgehead atoms. The lowest BCUT2D eigenvalue weighted by Crippen LogP contribution is -2.38. The van der Waals surface area contributed by atoms with E-state index in [1.807, 2.05) is 0 Å². The molecule has 0 saturated carbocycles. The summed E-state index contributed by atoms with van der Waals surface area (Å²) in [5.74, 6) is 0.508. The Balaban J connectivity index is 2.00. The number of anilines is 1. The van der Waals surface area contributed by atoms with Crippen LogP contribution >= 0.6 is 22.9 Å². The van der Waals surface area contributed by atoms with Crippen molar-refractivity contribution in [2.24, 2.45) is 0 Å². The van der Waals surface area contributed by atoms with Crippen molar-refractivity contribution >= 4 is 44.2 Å². The van der Waals surface area contributed by atoms with Gasteiger partial charge in [0.2, 0.25) is 5.76 Å². The SMILES string of the molecule is CCN(CC)CCN(C(=O)c1ccno1)c1nc2c(OC)ccc(Cl)c2s1. The number of aromatic nitrogens is 2. The third-order valence-electron chi connectivity index (χ3n) is 4.33. The van der Waals surface area contributed by atoms with E-state index in [0.29, 0.717) is 34.5 Å². The first kappa shape index (κ1) is 19.6. The summed E-state index contributed by atoms with van der Waals surface area (Å²) in [6.07, 6.45) is 1.45. The first-order valence-electron chi connectivity index (χ1n) is 8.66. The van der Waals surface area contributed by atoms with Crippen molar-refractivity contribution in [3.05, 3.63) is 35.2 Å². The molecule has 0 spiro atoms. The van der Waals surface area contributed by atoms with E-state index in [9.17, 15) is 4.79 Å². The first-order chi connectivity index (χ1) is 13.1. The topological polar surface area (TPSA) is 71.7 Å². The number of likely N-dealkylation sites (N-methyl/N-ethyl adjacent to an activating group) is 1. The summed E-state index contributed by atoms with van der Waals surface area (Å²) in [5.41, 5.74) is 0.642. The van der Waals surface area contributed by atoms with Crippen molar-refractivity contribution in [2.75, 3.05) is 38.2 Å². The van der Waals surface area contributed by atoms with Gasteiger partial charge in [-0.3, -0.25) is 9.69 Å². The van der Waals surface area contributed by atoms with Crippen LogP contribution in [0.4, 0.5) is 5.13 Å². The average Bonchev–Trinajstić information content (AvgIpc) is 3.36. The van der Waals surface area contributed by atoms with Gasteiger partial charge in [-0.15, -0.1) is 0 Å². The smallest absolute Gasteiger partial charge is 0.298 e. The van der Waals surface area contributed by atoms with Crippen molar-refractivity contribution in [1.29, 1.82) is 0 Å². The van der Waals surface area contributed by atoms with Gasteiger partial charge in [0.1, 0.15) is 11.3 Å². The Labute approximate surface area is 166 Å². The van der Waals surface area contributed by atoms with Crippen molar-refractivity contribution in [2.45, 2.75) is 13.8 Å². The number of hydrogen-bond acceptors (Lipinski definition) is 7. The van der Waals surface area contributed by atoms with Gasteiger partial charge in [-0.2, -0.15) is 0 Å². The number of nitrogens with zero attached hydrogens (tertiary/aromatic N) is 4. The second kappa shape index (κ2) is 8.69. The number of carbonyl (C=O) groups excluding carboxylic acids is 1. The van der Waals surface area contributed by atoms with Gasteiger partial charge in [0, 0.05) is 19.2 Å². The van der Waals surface area contributed by atoms with Crippen LogP contribution in [0.25, 0.3) is 10.2 Å². The number of ether oxygens (including phenoxy) is 1. The van der Waals surface area contributed by atoms with Gasteiger partial charge < -0.3 is 14.2 Å². The van der Waals surface area contributed by atoms with E-state index in [1.165, 1.54) is 17.5 Å². The quantitative estimate of drug-likeness (QED) is 0.562. The predicted octanol–water partition coefficient (Wildman–Crippen LogP) is 3.93. The highest BCUT2D eigenvalue weighted by atomic mass is 35.5. The van der Waals surface area contributed by atoms with Gasteiger partial charge in [0.05, 0.1) is 23.0 Å². The molecule has 2 aromatic heterocycles. The third kappa shape index (κ3) is 4.07. The van der Waals surface area contributed by atoms with Crippen LogP contribution in [-0.2, 0) is 0 Å². The number of fused-ring (bicyclic) bond motifs is 1. The Morgan fingerprint density at radius 1 is 1.26 bits per heavy atom. The monoisotopic (exact) mass is 408 g/mol. The highest BCUT2D eigenvalue weighted by molar-refractivity contribution is 7.23.